The average molecular weight is 296 g/mol. The van der Waals surface area contributed by atoms with Gasteiger partial charge in [0.2, 0.25) is 0 Å². The first-order valence-corrected chi connectivity index (χ1v) is 8.93. The van der Waals surface area contributed by atoms with Crippen LogP contribution in [-0.2, 0) is 0 Å². The van der Waals surface area contributed by atoms with Crippen LogP contribution < -0.4 is 5.73 Å². The van der Waals surface area contributed by atoms with Gasteiger partial charge >= 0.3 is 0 Å². The molecule has 0 amide bonds. The fourth-order valence-electron chi connectivity index (χ4n) is 4.44. The number of nitrogens with zero attached hydrogens (tertiary/aromatic N) is 2. The van der Waals surface area contributed by atoms with E-state index in [2.05, 4.69) is 44.7 Å². The minimum absolute atomic E-state index is 0.436. The standard InChI is InChI=1S/C18H37N3/c1-18(2,3)15-7-6-14(13-19)17(12-15)21(5)16-8-10-20(4)11-9-16/h14-17H,6-13,19H2,1-5H3. The van der Waals surface area contributed by atoms with E-state index in [1.807, 2.05) is 0 Å². The lowest BCUT2D eigenvalue weighted by molar-refractivity contribution is 0.0202. The van der Waals surface area contributed by atoms with Gasteiger partial charge in [-0.15, -0.1) is 0 Å². The van der Waals surface area contributed by atoms with Gasteiger partial charge in [0.15, 0.2) is 0 Å². The van der Waals surface area contributed by atoms with Crippen molar-refractivity contribution in [1.29, 1.82) is 0 Å². The van der Waals surface area contributed by atoms with E-state index in [0.717, 1.165) is 18.5 Å². The lowest BCUT2D eigenvalue weighted by atomic mass is 9.67. The summed E-state index contributed by atoms with van der Waals surface area (Å²) in [4.78, 5) is 5.17. The van der Waals surface area contributed by atoms with Gasteiger partial charge in [0.25, 0.3) is 0 Å². The molecule has 3 heteroatoms. The van der Waals surface area contributed by atoms with Gasteiger partial charge in [-0.05, 0) is 83.1 Å². The second-order valence-corrected chi connectivity index (χ2v) is 8.64. The predicted octanol–water partition coefficient (Wildman–Crippen LogP) is 2.80. The quantitative estimate of drug-likeness (QED) is 0.869. The molecule has 2 fully saturated rings. The van der Waals surface area contributed by atoms with Crippen molar-refractivity contribution in [2.75, 3.05) is 33.7 Å². The highest BCUT2D eigenvalue weighted by molar-refractivity contribution is 4.93. The van der Waals surface area contributed by atoms with Crippen molar-refractivity contribution in [1.82, 2.24) is 9.80 Å². The summed E-state index contributed by atoms with van der Waals surface area (Å²) in [7, 11) is 4.61. The Morgan fingerprint density at radius 1 is 1.10 bits per heavy atom. The van der Waals surface area contributed by atoms with Crippen molar-refractivity contribution in [3.8, 4) is 0 Å². The normalized spacial score (nSPS) is 33.6. The largest absolute Gasteiger partial charge is 0.330 e. The van der Waals surface area contributed by atoms with Gasteiger partial charge in [0, 0.05) is 12.1 Å². The van der Waals surface area contributed by atoms with Crippen molar-refractivity contribution in [3.63, 3.8) is 0 Å². The Morgan fingerprint density at radius 3 is 2.24 bits per heavy atom. The van der Waals surface area contributed by atoms with Crippen LogP contribution >= 0.6 is 0 Å². The fraction of sp³-hybridized carbons (Fsp3) is 1.00. The Bertz CT molecular complexity index is 315. The zero-order valence-corrected chi connectivity index (χ0v) is 14.9. The second-order valence-electron chi connectivity index (χ2n) is 8.64. The number of nitrogens with two attached hydrogens (primary N) is 1. The average Bonchev–Trinajstić information content (AvgIpc) is 2.45. The first-order valence-electron chi connectivity index (χ1n) is 8.93. The van der Waals surface area contributed by atoms with E-state index in [9.17, 15) is 0 Å². The highest BCUT2D eigenvalue weighted by atomic mass is 15.2. The van der Waals surface area contributed by atoms with Crippen LogP contribution in [0.2, 0.25) is 0 Å². The molecule has 2 N–H and O–H groups in total. The van der Waals surface area contributed by atoms with Gasteiger partial charge in [-0.25, -0.2) is 0 Å². The van der Waals surface area contributed by atoms with Crippen LogP contribution in [-0.4, -0.2) is 55.6 Å². The molecular formula is C18H37N3. The highest BCUT2D eigenvalue weighted by Gasteiger charge is 2.39. The summed E-state index contributed by atoms with van der Waals surface area (Å²) in [6.45, 7) is 10.6. The molecule has 1 heterocycles. The predicted molar refractivity (Wildman–Crippen MR) is 91.4 cm³/mol. The molecule has 0 radical (unpaired) electrons. The minimum atomic E-state index is 0.436. The van der Waals surface area contributed by atoms with Crippen LogP contribution in [0.4, 0.5) is 0 Å². The van der Waals surface area contributed by atoms with Crippen molar-refractivity contribution >= 4 is 0 Å². The molecule has 2 rings (SSSR count). The maximum absolute atomic E-state index is 6.10. The smallest absolute Gasteiger partial charge is 0.0138 e. The van der Waals surface area contributed by atoms with Crippen LogP contribution in [0.15, 0.2) is 0 Å². The topological polar surface area (TPSA) is 32.5 Å². The van der Waals surface area contributed by atoms with E-state index in [0.29, 0.717) is 17.4 Å². The van der Waals surface area contributed by atoms with Crippen molar-refractivity contribution in [3.05, 3.63) is 0 Å². The molecule has 1 saturated carbocycles. The SMILES string of the molecule is CN1CCC(N(C)C2CC(C(C)(C)C)CCC2CN)CC1. The van der Waals surface area contributed by atoms with Crippen LogP contribution in [0.3, 0.4) is 0 Å². The van der Waals surface area contributed by atoms with Crippen molar-refractivity contribution in [2.45, 2.75) is 65.0 Å². The Kier molecular flexibility index (Phi) is 5.72. The molecule has 0 aromatic heterocycles. The Morgan fingerprint density at radius 2 is 1.71 bits per heavy atom. The number of likely N-dealkylation sites (tertiary alicyclic amines) is 1. The Balaban J connectivity index is 2.02. The molecule has 1 aliphatic carbocycles. The van der Waals surface area contributed by atoms with E-state index in [-0.39, 0.29) is 0 Å². The van der Waals surface area contributed by atoms with Gasteiger partial charge in [0.05, 0.1) is 0 Å². The zero-order valence-electron chi connectivity index (χ0n) is 14.9. The van der Waals surface area contributed by atoms with E-state index >= 15 is 0 Å². The lowest BCUT2D eigenvalue weighted by Crippen LogP contribution is -2.52. The van der Waals surface area contributed by atoms with Gasteiger partial charge in [-0.3, -0.25) is 0 Å². The Labute approximate surface area is 132 Å². The van der Waals surface area contributed by atoms with E-state index < -0.39 is 0 Å². The molecule has 0 bridgehead atoms. The number of hydrogen-bond donors (Lipinski definition) is 1. The summed E-state index contributed by atoms with van der Waals surface area (Å²) in [5, 5.41) is 0. The molecule has 2 aliphatic rings. The summed E-state index contributed by atoms with van der Waals surface area (Å²) in [5.41, 5.74) is 6.54. The monoisotopic (exact) mass is 295 g/mol. The highest BCUT2D eigenvalue weighted by Crippen LogP contribution is 2.42. The first-order chi connectivity index (χ1) is 9.82. The van der Waals surface area contributed by atoms with Crippen molar-refractivity contribution < 1.29 is 0 Å². The van der Waals surface area contributed by atoms with E-state index in [1.165, 1.54) is 45.2 Å². The first kappa shape index (κ1) is 17.2. The van der Waals surface area contributed by atoms with Gasteiger partial charge in [-0.1, -0.05) is 20.8 Å². The van der Waals surface area contributed by atoms with Crippen molar-refractivity contribution in [2.24, 2.45) is 23.0 Å². The summed E-state index contributed by atoms with van der Waals surface area (Å²) >= 11 is 0. The molecular weight excluding hydrogens is 258 g/mol. The molecule has 1 aliphatic heterocycles. The summed E-state index contributed by atoms with van der Waals surface area (Å²) < 4.78 is 0. The minimum Gasteiger partial charge on any atom is -0.330 e. The number of rotatable bonds is 3. The third kappa shape index (κ3) is 4.20. The molecule has 1 saturated heterocycles. The van der Waals surface area contributed by atoms with Gasteiger partial charge in [0.1, 0.15) is 0 Å². The van der Waals surface area contributed by atoms with Crippen LogP contribution in [0, 0.1) is 17.3 Å². The maximum atomic E-state index is 6.10. The van der Waals surface area contributed by atoms with Gasteiger partial charge < -0.3 is 15.5 Å². The van der Waals surface area contributed by atoms with Crippen LogP contribution in [0.5, 0.6) is 0 Å². The summed E-state index contributed by atoms with van der Waals surface area (Å²) in [6, 6.07) is 1.46. The molecule has 3 atom stereocenters. The summed E-state index contributed by atoms with van der Waals surface area (Å²) in [6.07, 6.45) is 6.67. The Hall–Kier alpha value is -0.120. The summed E-state index contributed by atoms with van der Waals surface area (Å²) in [5.74, 6) is 1.55. The van der Waals surface area contributed by atoms with E-state index in [1.54, 1.807) is 0 Å². The fourth-order valence-corrected chi connectivity index (χ4v) is 4.44. The third-order valence-electron chi connectivity index (χ3n) is 6.27. The second kappa shape index (κ2) is 6.97. The molecule has 124 valence electrons. The van der Waals surface area contributed by atoms with Crippen LogP contribution in [0.1, 0.15) is 52.9 Å². The van der Waals surface area contributed by atoms with Crippen LogP contribution in [0.25, 0.3) is 0 Å². The lowest BCUT2D eigenvalue weighted by Gasteiger charge is -2.48. The van der Waals surface area contributed by atoms with Gasteiger partial charge in [-0.2, -0.15) is 0 Å². The molecule has 0 spiro atoms. The molecule has 3 nitrogen and oxygen atoms in total. The zero-order chi connectivity index (χ0) is 15.6. The molecule has 0 aromatic rings. The molecule has 3 unspecified atom stereocenters. The molecule has 21 heavy (non-hydrogen) atoms. The van der Waals surface area contributed by atoms with E-state index in [4.69, 9.17) is 5.73 Å². The molecule has 0 aromatic carbocycles. The maximum Gasteiger partial charge on any atom is 0.0138 e. The number of hydrogen-bond acceptors (Lipinski definition) is 3. The third-order valence-corrected chi connectivity index (χ3v) is 6.27. The number of piperidine rings is 1.